The molecule has 0 saturated carbocycles. The molecule has 0 bridgehead atoms. The standard InChI is InChI=1S/C18H34N2O4/c1-14(2)20-16(18(23)24)11-8-9-13-19-17(22)12-7-5-4-6-10-15(3)21/h14,16,20H,4-13H2,1-3H3,(H,19,22)(H,23,24). The van der Waals surface area contributed by atoms with Gasteiger partial charge in [-0.15, -0.1) is 0 Å². The molecule has 0 heterocycles. The Bertz CT molecular complexity index is 383. The maximum absolute atomic E-state index is 11.7. The van der Waals surface area contributed by atoms with Crippen LogP contribution in [0.1, 0.15) is 78.6 Å². The number of carbonyl (C=O) groups is 3. The van der Waals surface area contributed by atoms with Crippen molar-refractivity contribution in [2.75, 3.05) is 6.54 Å². The summed E-state index contributed by atoms with van der Waals surface area (Å²) in [6.45, 7) is 6.05. The van der Waals surface area contributed by atoms with Gasteiger partial charge in [-0.2, -0.15) is 0 Å². The van der Waals surface area contributed by atoms with Crippen LogP contribution < -0.4 is 10.6 Å². The van der Waals surface area contributed by atoms with Crippen molar-refractivity contribution in [2.45, 2.75) is 90.6 Å². The van der Waals surface area contributed by atoms with Gasteiger partial charge in [-0.1, -0.05) is 26.7 Å². The minimum Gasteiger partial charge on any atom is -0.480 e. The number of hydrogen-bond donors (Lipinski definition) is 3. The van der Waals surface area contributed by atoms with Crippen LogP contribution in [0.15, 0.2) is 0 Å². The molecule has 6 heteroatoms. The Labute approximate surface area is 145 Å². The molecule has 0 rings (SSSR count). The topological polar surface area (TPSA) is 95.5 Å². The molecule has 0 radical (unpaired) electrons. The van der Waals surface area contributed by atoms with Crippen molar-refractivity contribution in [1.29, 1.82) is 0 Å². The lowest BCUT2D eigenvalue weighted by Gasteiger charge is -2.17. The van der Waals surface area contributed by atoms with Crippen molar-refractivity contribution in [3.05, 3.63) is 0 Å². The van der Waals surface area contributed by atoms with E-state index in [1.807, 2.05) is 13.8 Å². The number of aliphatic carboxylic acids is 1. The van der Waals surface area contributed by atoms with Crippen LogP contribution in [-0.2, 0) is 14.4 Å². The van der Waals surface area contributed by atoms with Gasteiger partial charge in [0.15, 0.2) is 0 Å². The number of nitrogens with one attached hydrogen (secondary N) is 2. The van der Waals surface area contributed by atoms with Crippen LogP contribution in [-0.4, -0.2) is 41.4 Å². The first-order valence-electron chi connectivity index (χ1n) is 9.08. The largest absolute Gasteiger partial charge is 0.480 e. The average molecular weight is 342 g/mol. The Morgan fingerprint density at radius 2 is 1.54 bits per heavy atom. The summed E-state index contributed by atoms with van der Waals surface area (Å²) in [5.41, 5.74) is 0. The van der Waals surface area contributed by atoms with E-state index in [-0.39, 0.29) is 17.7 Å². The molecular formula is C18H34N2O4. The van der Waals surface area contributed by atoms with Gasteiger partial charge in [0.05, 0.1) is 0 Å². The van der Waals surface area contributed by atoms with Crippen LogP contribution >= 0.6 is 0 Å². The molecule has 0 aromatic heterocycles. The number of Topliss-reactive ketones (excluding diaryl/α,β-unsaturated/α-hetero) is 1. The number of carboxylic acids is 1. The molecule has 0 aliphatic rings. The molecule has 1 unspecified atom stereocenters. The lowest BCUT2D eigenvalue weighted by atomic mass is 10.1. The van der Waals surface area contributed by atoms with Gasteiger partial charge < -0.3 is 20.5 Å². The summed E-state index contributed by atoms with van der Waals surface area (Å²) in [7, 11) is 0. The molecule has 3 N–H and O–H groups in total. The van der Waals surface area contributed by atoms with Gasteiger partial charge in [0.1, 0.15) is 11.8 Å². The lowest BCUT2D eigenvalue weighted by Crippen LogP contribution is -2.40. The normalized spacial score (nSPS) is 12.2. The first-order chi connectivity index (χ1) is 11.3. The zero-order chi connectivity index (χ0) is 18.4. The number of carboxylic acid groups (broad SMARTS) is 1. The Balaban J connectivity index is 3.57. The van der Waals surface area contributed by atoms with Gasteiger partial charge >= 0.3 is 5.97 Å². The van der Waals surface area contributed by atoms with Crippen LogP contribution in [0.4, 0.5) is 0 Å². The number of ketones is 1. The molecule has 0 aromatic rings. The maximum atomic E-state index is 11.7. The van der Waals surface area contributed by atoms with Crippen LogP contribution in [0.5, 0.6) is 0 Å². The molecule has 0 saturated heterocycles. The first-order valence-corrected chi connectivity index (χ1v) is 9.08. The second-order valence-electron chi connectivity index (χ2n) is 6.67. The van der Waals surface area contributed by atoms with Gasteiger partial charge in [0.25, 0.3) is 0 Å². The molecule has 140 valence electrons. The van der Waals surface area contributed by atoms with Gasteiger partial charge in [-0.3, -0.25) is 9.59 Å². The fraction of sp³-hybridized carbons (Fsp3) is 0.833. The minimum absolute atomic E-state index is 0.0525. The smallest absolute Gasteiger partial charge is 0.320 e. The van der Waals surface area contributed by atoms with Gasteiger partial charge in [-0.25, -0.2) is 0 Å². The predicted molar refractivity (Wildman–Crippen MR) is 94.9 cm³/mol. The van der Waals surface area contributed by atoms with E-state index in [1.54, 1.807) is 6.92 Å². The van der Waals surface area contributed by atoms with E-state index in [2.05, 4.69) is 10.6 Å². The summed E-state index contributed by atoms with van der Waals surface area (Å²) in [6, 6.07) is -0.378. The summed E-state index contributed by atoms with van der Waals surface area (Å²) >= 11 is 0. The Kier molecular flexibility index (Phi) is 13.1. The van der Waals surface area contributed by atoms with Crippen LogP contribution in [0.25, 0.3) is 0 Å². The Hall–Kier alpha value is -1.43. The van der Waals surface area contributed by atoms with E-state index in [0.717, 1.165) is 38.5 Å². The van der Waals surface area contributed by atoms with Crippen molar-refractivity contribution in [3.63, 3.8) is 0 Å². The SMILES string of the molecule is CC(=O)CCCCCCC(=O)NCCCCC(NC(C)C)C(=O)O. The first kappa shape index (κ1) is 22.6. The number of rotatable bonds is 15. The van der Waals surface area contributed by atoms with Crippen LogP contribution in [0.3, 0.4) is 0 Å². The molecule has 0 aromatic carbocycles. The third-order valence-electron chi connectivity index (χ3n) is 3.76. The van der Waals surface area contributed by atoms with Crippen molar-refractivity contribution < 1.29 is 19.5 Å². The minimum atomic E-state index is -0.822. The van der Waals surface area contributed by atoms with Gasteiger partial charge in [-0.05, 0) is 39.0 Å². The summed E-state index contributed by atoms with van der Waals surface area (Å²) in [5.74, 6) is -0.546. The second-order valence-corrected chi connectivity index (χ2v) is 6.67. The molecule has 6 nitrogen and oxygen atoms in total. The third-order valence-corrected chi connectivity index (χ3v) is 3.76. The molecule has 0 aliphatic carbocycles. The number of amides is 1. The molecular weight excluding hydrogens is 308 g/mol. The van der Waals surface area contributed by atoms with E-state index in [9.17, 15) is 14.4 Å². The maximum Gasteiger partial charge on any atom is 0.320 e. The Morgan fingerprint density at radius 1 is 0.917 bits per heavy atom. The fourth-order valence-electron chi connectivity index (χ4n) is 2.48. The molecule has 1 atom stereocenters. The quantitative estimate of drug-likeness (QED) is 0.398. The van der Waals surface area contributed by atoms with Crippen molar-refractivity contribution in [2.24, 2.45) is 0 Å². The zero-order valence-corrected chi connectivity index (χ0v) is 15.4. The Morgan fingerprint density at radius 3 is 2.08 bits per heavy atom. The highest BCUT2D eigenvalue weighted by Crippen LogP contribution is 2.06. The third kappa shape index (κ3) is 14.2. The van der Waals surface area contributed by atoms with Crippen molar-refractivity contribution in [1.82, 2.24) is 10.6 Å². The van der Waals surface area contributed by atoms with Gasteiger partial charge in [0, 0.05) is 25.4 Å². The van der Waals surface area contributed by atoms with E-state index in [4.69, 9.17) is 5.11 Å². The molecule has 0 spiro atoms. The molecule has 0 fully saturated rings. The summed E-state index contributed by atoms with van der Waals surface area (Å²) in [5, 5.41) is 15.0. The second kappa shape index (κ2) is 14.0. The van der Waals surface area contributed by atoms with E-state index in [0.29, 0.717) is 25.8 Å². The van der Waals surface area contributed by atoms with Crippen molar-refractivity contribution >= 4 is 17.7 Å². The highest BCUT2D eigenvalue weighted by atomic mass is 16.4. The number of hydrogen-bond acceptors (Lipinski definition) is 4. The number of carbonyl (C=O) groups excluding carboxylic acids is 2. The monoisotopic (exact) mass is 342 g/mol. The highest BCUT2D eigenvalue weighted by molar-refractivity contribution is 5.76. The van der Waals surface area contributed by atoms with Crippen LogP contribution in [0.2, 0.25) is 0 Å². The average Bonchev–Trinajstić information content (AvgIpc) is 2.48. The van der Waals surface area contributed by atoms with E-state index in [1.165, 1.54) is 0 Å². The summed E-state index contributed by atoms with van der Waals surface area (Å²) < 4.78 is 0. The molecule has 0 aliphatic heterocycles. The van der Waals surface area contributed by atoms with Crippen molar-refractivity contribution in [3.8, 4) is 0 Å². The molecule has 1 amide bonds. The van der Waals surface area contributed by atoms with Crippen LogP contribution in [0, 0.1) is 0 Å². The molecule has 24 heavy (non-hydrogen) atoms. The summed E-state index contributed by atoms with van der Waals surface area (Å²) in [4.78, 5) is 33.5. The highest BCUT2D eigenvalue weighted by Gasteiger charge is 2.17. The fourth-order valence-corrected chi connectivity index (χ4v) is 2.48. The van der Waals surface area contributed by atoms with E-state index < -0.39 is 12.0 Å². The predicted octanol–water partition coefficient (Wildman–Crippen LogP) is 2.65. The van der Waals surface area contributed by atoms with Gasteiger partial charge in [0.2, 0.25) is 5.91 Å². The number of unbranched alkanes of at least 4 members (excludes halogenated alkanes) is 4. The summed E-state index contributed by atoms with van der Waals surface area (Å²) in [6.07, 6.45) is 7.00. The lowest BCUT2D eigenvalue weighted by molar-refractivity contribution is -0.140. The van der Waals surface area contributed by atoms with E-state index >= 15 is 0 Å². The zero-order valence-electron chi connectivity index (χ0n) is 15.4.